The topological polar surface area (TPSA) is 58.5 Å². The maximum atomic E-state index is 6.18. The monoisotopic (exact) mass is 614 g/mol. The molecular formula is C43H42N4. The lowest BCUT2D eigenvalue weighted by atomic mass is 9.99. The van der Waals surface area contributed by atoms with Gasteiger partial charge in [-0.25, -0.2) is 0 Å². The van der Waals surface area contributed by atoms with E-state index in [-0.39, 0.29) is 0 Å². The summed E-state index contributed by atoms with van der Waals surface area (Å²) in [7, 11) is 0. The van der Waals surface area contributed by atoms with Crippen LogP contribution in [0.4, 0.5) is 34.1 Å². The highest BCUT2D eigenvalue weighted by Crippen LogP contribution is 2.36. The van der Waals surface area contributed by atoms with Crippen molar-refractivity contribution in [2.24, 2.45) is 0 Å². The molecule has 5 rings (SSSR count). The molecule has 0 unspecified atom stereocenters. The van der Waals surface area contributed by atoms with Gasteiger partial charge in [0.1, 0.15) is 0 Å². The Morgan fingerprint density at radius 3 is 1.38 bits per heavy atom. The molecule has 0 spiro atoms. The van der Waals surface area contributed by atoms with E-state index in [0.29, 0.717) is 5.69 Å². The van der Waals surface area contributed by atoms with Crippen molar-refractivity contribution < 1.29 is 0 Å². The lowest BCUT2D eigenvalue weighted by Gasteiger charge is -2.27. The van der Waals surface area contributed by atoms with Gasteiger partial charge in [-0.1, -0.05) is 99.0 Å². The number of anilines is 6. The highest BCUT2D eigenvalue weighted by Gasteiger charge is 2.15. The molecule has 4 N–H and O–H groups in total. The van der Waals surface area contributed by atoms with E-state index in [0.717, 1.165) is 68.5 Å². The lowest BCUT2D eigenvalue weighted by Crippen LogP contribution is -2.15. The zero-order valence-corrected chi connectivity index (χ0v) is 27.2. The van der Waals surface area contributed by atoms with E-state index in [1.807, 2.05) is 61.5 Å². The number of rotatable bonds is 12. The average Bonchev–Trinajstić information content (AvgIpc) is 3.09. The molecule has 0 aliphatic rings. The fourth-order valence-corrected chi connectivity index (χ4v) is 5.65. The van der Waals surface area contributed by atoms with Crippen molar-refractivity contribution in [3.05, 3.63) is 182 Å². The normalized spacial score (nSPS) is 11.8. The summed E-state index contributed by atoms with van der Waals surface area (Å²) in [6, 6.07) is 41.8. The van der Waals surface area contributed by atoms with Crippen LogP contribution < -0.4 is 21.3 Å². The Balaban J connectivity index is 1.40. The molecule has 0 aliphatic carbocycles. The van der Waals surface area contributed by atoms with Crippen LogP contribution in [0.1, 0.15) is 20.3 Å². The van der Waals surface area contributed by atoms with E-state index >= 15 is 0 Å². The summed E-state index contributed by atoms with van der Waals surface area (Å²) in [6.07, 6.45) is 12.9. The standard InChI is InChI=1S/C43H42N4/c1-5-11-38(8-4)46(42-16-9-14-36(44)30-42)40-26-22-34(23-27-40)32-18-20-33(21-19-32)35-24-28-41(29-25-35)47(39(12-6-2)13-7-3)43-17-10-15-37(45)31-43/h5-6,8-31H,1,4,7,44-45H2,2-3H3/b12-6-,38-11+,39-13+. The molecule has 4 nitrogen and oxygen atoms in total. The number of nitrogen functional groups attached to an aromatic ring is 2. The van der Waals surface area contributed by atoms with Crippen LogP contribution in [0.5, 0.6) is 0 Å². The summed E-state index contributed by atoms with van der Waals surface area (Å²) in [4.78, 5) is 4.37. The predicted octanol–water partition coefficient (Wildman–Crippen LogP) is 11.6. The van der Waals surface area contributed by atoms with E-state index < -0.39 is 0 Å². The first-order valence-electron chi connectivity index (χ1n) is 15.9. The number of nitrogens with two attached hydrogens (primary N) is 2. The molecule has 0 amide bonds. The fourth-order valence-electron chi connectivity index (χ4n) is 5.65. The smallest absolute Gasteiger partial charge is 0.0482 e. The Hall–Kier alpha value is -6.00. The van der Waals surface area contributed by atoms with Gasteiger partial charge in [0.25, 0.3) is 0 Å². The molecule has 0 saturated heterocycles. The molecule has 0 radical (unpaired) electrons. The molecule has 0 heterocycles. The van der Waals surface area contributed by atoms with Crippen LogP contribution in [-0.4, -0.2) is 0 Å². The molecule has 0 aromatic heterocycles. The third-order valence-corrected chi connectivity index (χ3v) is 7.82. The van der Waals surface area contributed by atoms with Gasteiger partial charge >= 0.3 is 0 Å². The molecule has 234 valence electrons. The molecule has 47 heavy (non-hydrogen) atoms. The Kier molecular flexibility index (Phi) is 10.6. The number of allylic oxidation sites excluding steroid dienone is 6. The largest absolute Gasteiger partial charge is 0.399 e. The zero-order valence-electron chi connectivity index (χ0n) is 27.2. The highest BCUT2D eigenvalue weighted by atomic mass is 15.2. The SMILES string of the molecule is C=C/C=C(\C=C)N(c1ccc(-c2ccc(-c3ccc(N(C(/C=C\C)=C/CC)c4cccc(N)c4)cc3)cc2)cc1)c1cccc(N)c1. The van der Waals surface area contributed by atoms with Gasteiger partial charge in [0.2, 0.25) is 0 Å². The van der Waals surface area contributed by atoms with Gasteiger partial charge in [0.05, 0.1) is 0 Å². The van der Waals surface area contributed by atoms with E-state index in [9.17, 15) is 0 Å². The molecule has 4 heteroatoms. The van der Waals surface area contributed by atoms with Crippen molar-refractivity contribution in [1.82, 2.24) is 0 Å². The molecular weight excluding hydrogens is 573 g/mol. The van der Waals surface area contributed by atoms with Gasteiger partial charge in [-0.15, -0.1) is 0 Å². The van der Waals surface area contributed by atoms with Crippen molar-refractivity contribution in [2.45, 2.75) is 20.3 Å². The maximum absolute atomic E-state index is 6.18. The van der Waals surface area contributed by atoms with Gasteiger partial charge in [-0.3, -0.25) is 0 Å². The van der Waals surface area contributed by atoms with Gasteiger partial charge in [0.15, 0.2) is 0 Å². The fraction of sp³-hybridized carbons (Fsp3) is 0.0698. The Labute approximate surface area is 279 Å². The van der Waals surface area contributed by atoms with E-state index in [1.54, 1.807) is 6.08 Å². The summed E-state index contributed by atoms with van der Waals surface area (Å²) in [5.41, 5.74) is 24.4. The van der Waals surface area contributed by atoms with E-state index in [4.69, 9.17) is 11.5 Å². The van der Waals surface area contributed by atoms with Crippen LogP contribution in [0.25, 0.3) is 22.3 Å². The number of hydrogen-bond acceptors (Lipinski definition) is 4. The molecule has 5 aromatic carbocycles. The number of benzene rings is 5. The van der Waals surface area contributed by atoms with Crippen LogP contribution in [0.3, 0.4) is 0 Å². The van der Waals surface area contributed by atoms with Crippen molar-refractivity contribution in [2.75, 3.05) is 21.3 Å². The average molecular weight is 615 g/mol. The van der Waals surface area contributed by atoms with Crippen molar-refractivity contribution in [3.63, 3.8) is 0 Å². The Morgan fingerprint density at radius 2 is 1.02 bits per heavy atom. The Morgan fingerprint density at radius 1 is 0.596 bits per heavy atom. The first-order valence-corrected chi connectivity index (χ1v) is 15.9. The molecule has 0 saturated carbocycles. The summed E-state index contributed by atoms with van der Waals surface area (Å²) in [5, 5.41) is 0. The van der Waals surface area contributed by atoms with Crippen molar-refractivity contribution in [1.29, 1.82) is 0 Å². The minimum absolute atomic E-state index is 0.700. The molecule has 0 atom stereocenters. The van der Waals surface area contributed by atoms with Crippen molar-refractivity contribution >= 4 is 34.1 Å². The van der Waals surface area contributed by atoms with Gasteiger partial charge in [0, 0.05) is 45.5 Å². The summed E-state index contributed by atoms with van der Waals surface area (Å²) >= 11 is 0. The third-order valence-electron chi connectivity index (χ3n) is 7.82. The van der Waals surface area contributed by atoms with Gasteiger partial charge in [-0.05, 0) is 114 Å². The molecule has 0 bridgehead atoms. The van der Waals surface area contributed by atoms with Crippen molar-refractivity contribution in [3.8, 4) is 22.3 Å². The predicted molar refractivity (Wildman–Crippen MR) is 205 cm³/mol. The molecule has 0 fully saturated rings. The quantitative estimate of drug-likeness (QED) is 0.108. The van der Waals surface area contributed by atoms with E-state index in [2.05, 4.69) is 127 Å². The second kappa shape index (κ2) is 15.3. The second-order valence-corrected chi connectivity index (χ2v) is 11.1. The van der Waals surface area contributed by atoms with Crippen LogP contribution in [0.2, 0.25) is 0 Å². The third kappa shape index (κ3) is 7.63. The minimum atomic E-state index is 0.700. The highest BCUT2D eigenvalue weighted by molar-refractivity contribution is 5.78. The summed E-state index contributed by atoms with van der Waals surface area (Å²) in [6.45, 7) is 12.1. The molecule has 5 aromatic rings. The molecule has 0 aliphatic heterocycles. The van der Waals surface area contributed by atoms with E-state index in [1.165, 1.54) is 0 Å². The lowest BCUT2D eigenvalue weighted by molar-refractivity contribution is 1.13. The Bertz CT molecular complexity index is 1910. The zero-order chi connectivity index (χ0) is 33.2. The van der Waals surface area contributed by atoms with Crippen LogP contribution in [0.15, 0.2) is 182 Å². The minimum Gasteiger partial charge on any atom is -0.399 e. The number of nitrogens with zero attached hydrogens (tertiary/aromatic N) is 2. The summed E-state index contributed by atoms with van der Waals surface area (Å²) in [5.74, 6) is 0. The second-order valence-electron chi connectivity index (χ2n) is 11.1. The maximum Gasteiger partial charge on any atom is 0.0482 e. The van der Waals surface area contributed by atoms with Gasteiger partial charge < -0.3 is 21.3 Å². The number of hydrogen-bond donors (Lipinski definition) is 2. The van der Waals surface area contributed by atoms with Crippen LogP contribution in [0, 0.1) is 0 Å². The first-order chi connectivity index (χ1) is 22.9. The van der Waals surface area contributed by atoms with Crippen LogP contribution >= 0.6 is 0 Å². The first kappa shape index (κ1) is 32.4. The van der Waals surface area contributed by atoms with Crippen LogP contribution in [-0.2, 0) is 0 Å². The summed E-state index contributed by atoms with van der Waals surface area (Å²) < 4.78 is 0. The van der Waals surface area contributed by atoms with Gasteiger partial charge in [-0.2, -0.15) is 0 Å².